The molecule has 0 unspecified atom stereocenters. The lowest BCUT2D eigenvalue weighted by Crippen LogP contribution is -2.53. The molecule has 0 spiro atoms. The molecule has 0 saturated heterocycles. The van der Waals surface area contributed by atoms with Gasteiger partial charge in [-0.15, -0.1) is 0 Å². The molecule has 0 bridgehead atoms. The second-order valence-electron chi connectivity index (χ2n) is 8.29. The quantitative estimate of drug-likeness (QED) is 0.373. The molecule has 0 amide bonds. The maximum atomic E-state index is 13.5. The topological polar surface area (TPSA) is 77.2 Å². The SMILES string of the molecule is COc1ccc2nc(Cc3ccc(C)nc3)n(-c3ccc(C(O)(C(F)(F)F)C(F)(F)F)cc3)c(=O)c2c1. The zero-order valence-corrected chi connectivity index (χ0v) is 19.4. The predicted molar refractivity (Wildman–Crippen MR) is 122 cm³/mol. The minimum atomic E-state index is -6.03. The van der Waals surface area contributed by atoms with Crippen molar-refractivity contribution in [3.63, 3.8) is 0 Å². The van der Waals surface area contributed by atoms with Crippen LogP contribution in [0.3, 0.4) is 0 Å². The van der Waals surface area contributed by atoms with Crippen molar-refractivity contribution in [3.8, 4) is 11.4 Å². The second kappa shape index (κ2) is 9.18. The third kappa shape index (κ3) is 4.64. The van der Waals surface area contributed by atoms with Crippen LogP contribution in [0.15, 0.2) is 65.6 Å². The van der Waals surface area contributed by atoms with Gasteiger partial charge in [-0.2, -0.15) is 26.3 Å². The predicted octanol–water partition coefficient (Wildman–Crippen LogP) is 5.00. The summed E-state index contributed by atoms with van der Waals surface area (Å²) in [4.78, 5) is 22.2. The van der Waals surface area contributed by atoms with E-state index in [9.17, 15) is 36.2 Å². The van der Waals surface area contributed by atoms with Crippen molar-refractivity contribution in [1.29, 1.82) is 0 Å². The zero-order chi connectivity index (χ0) is 27.2. The Bertz CT molecular complexity index is 1480. The number of pyridine rings is 1. The molecule has 1 N–H and O–H groups in total. The fourth-order valence-electron chi connectivity index (χ4n) is 3.85. The molecule has 37 heavy (non-hydrogen) atoms. The van der Waals surface area contributed by atoms with Gasteiger partial charge < -0.3 is 9.84 Å². The molecule has 2 aromatic carbocycles. The number of rotatable bonds is 5. The highest BCUT2D eigenvalue weighted by atomic mass is 19.4. The van der Waals surface area contributed by atoms with Crippen LogP contribution in [-0.2, 0) is 12.0 Å². The Balaban J connectivity index is 1.91. The average molecular weight is 523 g/mol. The highest BCUT2D eigenvalue weighted by molar-refractivity contribution is 5.79. The van der Waals surface area contributed by atoms with Crippen molar-refractivity contribution in [1.82, 2.24) is 14.5 Å². The van der Waals surface area contributed by atoms with E-state index in [-0.39, 0.29) is 23.3 Å². The summed E-state index contributed by atoms with van der Waals surface area (Å²) in [5.74, 6) is 0.521. The number of nitrogens with zero attached hydrogens (tertiary/aromatic N) is 3. The fraction of sp³-hybridized carbons (Fsp3) is 0.240. The molecule has 2 aromatic heterocycles. The van der Waals surface area contributed by atoms with Crippen LogP contribution < -0.4 is 10.3 Å². The van der Waals surface area contributed by atoms with E-state index in [2.05, 4.69) is 9.97 Å². The minimum Gasteiger partial charge on any atom is -0.497 e. The molecule has 0 atom stereocenters. The second-order valence-corrected chi connectivity index (χ2v) is 8.29. The molecule has 194 valence electrons. The van der Waals surface area contributed by atoms with Crippen LogP contribution in [-0.4, -0.2) is 39.1 Å². The molecule has 0 aliphatic carbocycles. The monoisotopic (exact) mass is 523 g/mol. The smallest absolute Gasteiger partial charge is 0.430 e. The van der Waals surface area contributed by atoms with Crippen molar-refractivity contribution in [3.05, 3.63) is 93.8 Å². The van der Waals surface area contributed by atoms with Crippen molar-refractivity contribution in [2.75, 3.05) is 7.11 Å². The average Bonchev–Trinajstić information content (AvgIpc) is 2.84. The van der Waals surface area contributed by atoms with Crippen LogP contribution in [0.1, 0.15) is 22.6 Å². The van der Waals surface area contributed by atoms with Crippen LogP contribution in [0, 0.1) is 6.92 Å². The van der Waals surface area contributed by atoms with Crippen LogP contribution >= 0.6 is 0 Å². The van der Waals surface area contributed by atoms with Crippen molar-refractivity contribution >= 4 is 10.9 Å². The molecule has 6 nitrogen and oxygen atoms in total. The molecular formula is C25H19F6N3O3. The van der Waals surface area contributed by atoms with E-state index in [1.807, 2.05) is 0 Å². The highest BCUT2D eigenvalue weighted by Crippen LogP contribution is 2.50. The molecule has 0 radical (unpaired) electrons. The number of aromatic nitrogens is 3. The first-order valence-electron chi connectivity index (χ1n) is 10.7. The minimum absolute atomic E-state index is 0.0484. The number of aryl methyl sites for hydroxylation is 1. The van der Waals surface area contributed by atoms with Crippen LogP contribution in [0.2, 0.25) is 0 Å². The fourth-order valence-corrected chi connectivity index (χ4v) is 3.85. The van der Waals surface area contributed by atoms with E-state index >= 15 is 0 Å². The maximum absolute atomic E-state index is 13.5. The lowest BCUT2D eigenvalue weighted by Gasteiger charge is -2.32. The Morgan fingerprint density at radius 1 is 0.946 bits per heavy atom. The number of aliphatic hydroxyl groups is 1. The molecule has 4 rings (SSSR count). The first-order chi connectivity index (χ1) is 17.3. The lowest BCUT2D eigenvalue weighted by molar-refractivity contribution is -0.376. The van der Waals surface area contributed by atoms with Gasteiger partial charge in [-0.3, -0.25) is 14.3 Å². The number of alkyl halides is 6. The Morgan fingerprint density at radius 3 is 2.14 bits per heavy atom. The normalized spacial score (nSPS) is 12.7. The first-order valence-corrected chi connectivity index (χ1v) is 10.7. The van der Waals surface area contributed by atoms with Crippen molar-refractivity contribution in [2.45, 2.75) is 31.3 Å². The van der Waals surface area contributed by atoms with Gasteiger partial charge in [0.2, 0.25) is 0 Å². The molecule has 2 heterocycles. The third-order valence-electron chi connectivity index (χ3n) is 5.84. The van der Waals surface area contributed by atoms with E-state index in [1.54, 1.807) is 37.4 Å². The molecule has 0 aliphatic heterocycles. The van der Waals surface area contributed by atoms with Crippen LogP contribution in [0.5, 0.6) is 5.75 Å². The number of ether oxygens (including phenoxy) is 1. The van der Waals surface area contributed by atoms with E-state index in [0.717, 1.165) is 22.4 Å². The zero-order valence-electron chi connectivity index (χ0n) is 19.4. The van der Waals surface area contributed by atoms with Gasteiger partial charge in [0.1, 0.15) is 11.6 Å². The largest absolute Gasteiger partial charge is 0.497 e. The van der Waals surface area contributed by atoms with Gasteiger partial charge in [-0.1, -0.05) is 18.2 Å². The maximum Gasteiger partial charge on any atom is 0.430 e. The number of benzene rings is 2. The summed E-state index contributed by atoms with van der Waals surface area (Å²) in [5.41, 5.74) is -5.46. The van der Waals surface area contributed by atoms with Gasteiger partial charge in [0.05, 0.1) is 23.7 Å². The number of hydrogen-bond donors (Lipinski definition) is 1. The summed E-state index contributed by atoms with van der Waals surface area (Å²) in [6.45, 7) is 1.78. The first kappa shape index (κ1) is 26.1. The summed E-state index contributed by atoms with van der Waals surface area (Å²) in [6, 6.07) is 10.8. The molecule has 0 saturated carbocycles. The Labute approximate surface area is 205 Å². The molecule has 12 heteroatoms. The van der Waals surface area contributed by atoms with Crippen LogP contribution in [0.4, 0.5) is 26.3 Å². The van der Waals surface area contributed by atoms with Crippen molar-refractivity contribution < 1.29 is 36.2 Å². The van der Waals surface area contributed by atoms with Gasteiger partial charge in [0.15, 0.2) is 0 Å². The number of fused-ring (bicyclic) bond motifs is 1. The standard InChI is InChI=1S/C25H19F6N3O3/c1-14-3-4-15(13-32-14)11-21-33-20-10-9-18(37-2)12-19(20)22(35)34(21)17-7-5-16(6-8-17)23(36,24(26,27)28)25(29,30)31/h3-10,12-13,36H,11H2,1-2H3. The summed E-state index contributed by atoms with van der Waals surface area (Å²) >= 11 is 0. The summed E-state index contributed by atoms with van der Waals surface area (Å²) in [5, 5.41) is 9.81. The van der Waals surface area contributed by atoms with Gasteiger partial charge in [0.25, 0.3) is 11.2 Å². The van der Waals surface area contributed by atoms with E-state index in [1.165, 1.54) is 13.2 Å². The summed E-state index contributed by atoms with van der Waals surface area (Å²) in [6.07, 6.45) is -10.4. The third-order valence-corrected chi connectivity index (χ3v) is 5.84. The van der Waals surface area contributed by atoms with Gasteiger partial charge in [-0.25, -0.2) is 4.98 Å². The van der Waals surface area contributed by atoms with Crippen molar-refractivity contribution in [2.24, 2.45) is 0 Å². The van der Waals surface area contributed by atoms with Gasteiger partial charge in [0, 0.05) is 23.9 Å². The van der Waals surface area contributed by atoms with E-state index < -0.39 is 29.1 Å². The number of halogens is 6. The van der Waals surface area contributed by atoms with E-state index in [0.29, 0.717) is 29.0 Å². The van der Waals surface area contributed by atoms with Crippen LogP contribution in [0.25, 0.3) is 16.6 Å². The summed E-state index contributed by atoms with van der Waals surface area (Å²) < 4.78 is 86.0. The Kier molecular flexibility index (Phi) is 6.49. The molecule has 0 aliphatic rings. The Morgan fingerprint density at radius 2 is 1.59 bits per heavy atom. The number of methoxy groups -OCH3 is 1. The van der Waals surface area contributed by atoms with E-state index in [4.69, 9.17) is 4.74 Å². The molecular weight excluding hydrogens is 504 g/mol. The van der Waals surface area contributed by atoms with Gasteiger partial charge >= 0.3 is 12.4 Å². The van der Waals surface area contributed by atoms with Gasteiger partial charge in [-0.05, 0) is 48.9 Å². The summed E-state index contributed by atoms with van der Waals surface area (Å²) in [7, 11) is 1.40. The Hall–Kier alpha value is -3.93. The lowest BCUT2D eigenvalue weighted by atomic mass is 9.92. The molecule has 0 fully saturated rings. The molecule has 4 aromatic rings. The highest BCUT2D eigenvalue weighted by Gasteiger charge is 2.71. The number of hydrogen-bond acceptors (Lipinski definition) is 5.